The van der Waals surface area contributed by atoms with Crippen molar-refractivity contribution >= 4 is 33.0 Å². The van der Waals surface area contributed by atoms with Crippen molar-refractivity contribution in [2.75, 3.05) is 34.6 Å². The van der Waals surface area contributed by atoms with Crippen LogP contribution in [0.1, 0.15) is 12.0 Å². The third-order valence-electron chi connectivity index (χ3n) is 4.99. The number of amides is 1. The monoisotopic (exact) mass is 386 g/mol. The highest BCUT2D eigenvalue weighted by atomic mass is 32.2. The zero-order valence-electron chi connectivity index (χ0n) is 15.0. The second-order valence-corrected chi connectivity index (χ2v) is 8.56. The zero-order valence-corrected chi connectivity index (χ0v) is 15.8. The van der Waals surface area contributed by atoms with Crippen molar-refractivity contribution in [3.63, 3.8) is 0 Å². The first-order chi connectivity index (χ1) is 12.9. The van der Waals surface area contributed by atoms with Gasteiger partial charge in [0.25, 0.3) is 10.0 Å². The van der Waals surface area contributed by atoms with Crippen LogP contribution in [0.4, 0.5) is 17.1 Å². The van der Waals surface area contributed by atoms with E-state index in [1.54, 1.807) is 43.3 Å². The Kier molecular flexibility index (Phi) is 4.53. The van der Waals surface area contributed by atoms with Crippen molar-refractivity contribution in [3.05, 3.63) is 48.0 Å². The smallest absolute Gasteiger partial charge is 0.262 e. The number of rotatable bonds is 3. The number of nitrogens with zero attached hydrogens (tertiary/aromatic N) is 1. The summed E-state index contributed by atoms with van der Waals surface area (Å²) in [6.45, 7) is 4.18. The quantitative estimate of drug-likeness (QED) is 0.750. The minimum Gasteiger partial charge on any atom is -0.364 e. The largest absolute Gasteiger partial charge is 0.364 e. The van der Waals surface area contributed by atoms with Crippen LogP contribution in [0.15, 0.2) is 47.4 Å². The molecule has 1 saturated heterocycles. The molecule has 0 bridgehead atoms. The molecule has 142 valence electrons. The maximum atomic E-state index is 12.7. The predicted octanol–water partition coefficient (Wildman–Crippen LogP) is 1.92. The number of carbonyl (C=O) groups excluding carboxylic acids is 1. The summed E-state index contributed by atoms with van der Waals surface area (Å²) in [4.78, 5) is 14.7. The normalized spacial score (nSPS) is 19.5. The number of fused-ring (bicyclic) bond motifs is 3. The van der Waals surface area contributed by atoms with Crippen LogP contribution < -0.4 is 20.3 Å². The van der Waals surface area contributed by atoms with Crippen molar-refractivity contribution in [2.24, 2.45) is 0 Å². The van der Waals surface area contributed by atoms with Gasteiger partial charge in [-0.15, -0.1) is 0 Å². The molecule has 2 aromatic carbocycles. The summed E-state index contributed by atoms with van der Waals surface area (Å²) in [7, 11) is -3.70. The SMILES string of the molecule is Cc1ccccc1S(=O)(=O)Nc1ccc2c(c1)NC(=O)CC1CNCCN21. The van der Waals surface area contributed by atoms with E-state index in [0.717, 1.165) is 25.3 Å². The first-order valence-corrected chi connectivity index (χ1v) is 10.4. The highest BCUT2D eigenvalue weighted by molar-refractivity contribution is 7.92. The molecular formula is C19H22N4O3S. The summed E-state index contributed by atoms with van der Waals surface area (Å²) in [5.41, 5.74) is 2.66. The molecule has 1 amide bonds. The second-order valence-electron chi connectivity index (χ2n) is 6.91. The lowest BCUT2D eigenvalue weighted by molar-refractivity contribution is -0.116. The van der Waals surface area contributed by atoms with Gasteiger partial charge in [0.05, 0.1) is 28.0 Å². The molecule has 0 spiro atoms. The molecule has 3 N–H and O–H groups in total. The van der Waals surface area contributed by atoms with Gasteiger partial charge in [-0.1, -0.05) is 18.2 Å². The molecular weight excluding hydrogens is 364 g/mol. The highest BCUT2D eigenvalue weighted by Crippen LogP contribution is 2.35. The van der Waals surface area contributed by atoms with Crippen molar-refractivity contribution in [3.8, 4) is 0 Å². The molecule has 8 heteroatoms. The third kappa shape index (κ3) is 3.50. The molecule has 1 unspecified atom stereocenters. The lowest BCUT2D eigenvalue weighted by atomic mass is 10.1. The van der Waals surface area contributed by atoms with Crippen molar-refractivity contribution in [1.82, 2.24) is 5.32 Å². The van der Waals surface area contributed by atoms with Crippen molar-refractivity contribution < 1.29 is 13.2 Å². The molecule has 1 fully saturated rings. The Morgan fingerprint density at radius 2 is 2.00 bits per heavy atom. The fraction of sp³-hybridized carbons (Fsp3) is 0.316. The average molecular weight is 386 g/mol. The first-order valence-electron chi connectivity index (χ1n) is 8.94. The number of carbonyl (C=O) groups is 1. The van der Waals surface area contributed by atoms with E-state index in [-0.39, 0.29) is 16.8 Å². The predicted molar refractivity (Wildman–Crippen MR) is 106 cm³/mol. The standard InChI is InChI=1S/C19H22N4O3S/c1-13-4-2-3-5-18(13)27(25,26)22-14-6-7-17-16(10-14)21-19(24)11-15-12-20-8-9-23(15)17/h2-7,10,15,20,22H,8-9,11-12H2,1H3,(H,21,24). The minimum absolute atomic E-state index is 0.0636. The molecule has 0 saturated carbocycles. The van der Waals surface area contributed by atoms with Gasteiger partial charge in [-0.25, -0.2) is 8.42 Å². The fourth-order valence-electron chi connectivity index (χ4n) is 3.69. The molecule has 7 nitrogen and oxygen atoms in total. The van der Waals surface area contributed by atoms with Gasteiger partial charge in [0, 0.05) is 26.1 Å². The molecule has 0 aliphatic carbocycles. The van der Waals surface area contributed by atoms with E-state index in [9.17, 15) is 13.2 Å². The molecule has 2 heterocycles. The van der Waals surface area contributed by atoms with Gasteiger partial charge in [-0.3, -0.25) is 9.52 Å². The van der Waals surface area contributed by atoms with Gasteiger partial charge < -0.3 is 15.5 Å². The number of sulfonamides is 1. The topological polar surface area (TPSA) is 90.5 Å². The Morgan fingerprint density at radius 3 is 2.81 bits per heavy atom. The van der Waals surface area contributed by atoms with E-state index < -0.39 is 10.0 Å². The Hall–Kier alpha value is -2.58. The molecule has 2 aromatic rings. The zero-order chi connectivity index (χ0) is 19.0. The van der Waals surface area contributed by atoms with E-state index in [1.807, 2.05) is 6.07 Å². The molecule has 2 aliphatic rings. The van der Waals surface area contributed by atoms with E-state index >= 15 is 0 Å². The maximum absolute atomic E-state index is 12.7. The van der Waals surface area contributed by atoms with Crippen LogP contribution in [0.3, 0.4) is 0 Å². The summed E-state index contributed by atoms with van der Waals surface area (Å²) in [6.07, 6.45) is 0.409. The van der Waals surface area contributed by atoms with Gasteiger partial charge in [0.1, 0.15) is 0 Å². The summed E-state index contributed by atoms with van der Waals surface area (Å²) < 4.78 is 28.1. The van der Waals surface area contributed by atoms with Gasteiger partial charge in [-0.2, -0.15) is 0 Å². The van der Waals surface area contributed by atoms with Crippen LogP contribution in [0.25, 0.3) is 0 Å². The van der Waals surface area contributed by atoms with Crippen LogP contribution >= 0.6 is 0 Å². The van der Waals surface area contributed by atoms with Gasteiger partial charge in [0.15, 0.2) is 0 Å². The molecule has 0 radical (unpaired) electrons. The lowest BCUT2D eigenvalue weighted by Crippen LogP contribution is -2.51. The van der Waals surface area contributed by atoms with Crippen LogP contribution in [0.2, 0.25) is 0 Å². The van der Waals surface area contributed by atoms with E-state index in [0.29, 0.717) is 23.4 Å². The number of hydrogen-bond donors (Lipinski definition) is 3. The van der Waals surface area contributed by atoms with Crippen LogP contribution in [-0.4, -0.2) is 40.0 Å². The molecule has 27 heavy (non-hydrogen) atoms. The third-order valence-corrected chi connectivity index (χ3v) is 6.53. The first kappa shape index (κ1) is 17.8. The molecule has 1 atom stereocenters. The lowest BCUT2D eigenvalue weighted by Gasteiger charge is -2.36. The van der Waals surface area contributed by atoms with E-state index in [2.05, 4.69) is 20.3 Å². The number of benzene rings is 2. The maximum Gasteiger partial charge on any atom is 0.262 e. The van der Waals surface area contributed by atoms with Crippen molar-refractivity contribution in [2.45, 2.75) is 24.3 Å². The molecule has 2 aliphatic heterocycles. The van der Waals surface area contributed by atoms with E-state index in [4.69, 9.17) is 0 Å². The minimum atomic E-state index is -3.70. The molecule has 4 rings (SSSR count). The van der Waals surface area contributed by atoms with Crippen molar-refractivity contribution in [1.29, 1.82) is 0 Å². The summed E-state index contributed by atoms with van der Waals surface area (Å²) in [5, 5.41) is 6.23. The van der Waals surface area contributed by atoms with Gasteiger partial charge >= 0.3 is 0 Å². The Morgan fingerprint density at radius 1 is 1.19 bits per heavy atom. The second kappa shape index (κ2) is 6.86. The highest BCUT2D eigenvalue weighted by Gasteiger charge is 2.30. The Bertz CT molecular complexity index is 990. The van der Waals surface area contributed by atoms with Crippen LogP contribution in [0.5, 0.6) is 0 Å². The molecule has 0 aromatic heterocycles. The summed E-state index contributed by atoms with van der Waals surface area (Å²) in [6, 6.07) is 12.2. The van der Waals surface area contributed by atoms with Gasteiger partial charge in [0.2, 0.25) is 5.91 Å². The van der Waals surface area contributed by atoms with Crippen LogP contribution in [0, 0.1) is 6.92 Å². The van der Waals surface area contributed by atoms with Gasteiger partial charge in [-0.05, 0) is 36.8 Å². The summed E-state index contributed by atoms with van der Waals surface area (Å²) in [5.74, 6) is -0.0636. The number of nitrogens with one attached hydrogen (secondary N) is 3. The average Bonchev–Trinajstić information content (AvgIpc) is 2.76. The number of piperazine rings is 1. The summed E-state index contributed by atoms with van der Waals surface area (Å²) >= 11 is 0. The Balaban J connectivity index is 1.67. The van der Waals surface area contributed by atoms with Crippen LogP contribution in [-0.2, 0) is 14.8 Å². The number of anilines is 3. The Labute approximate surface area is 158 Å². The fourth-order valence-corrected chi connectivity index (χ4v) is 4.99. The number of aryl methyl sites for hydroxylation is 1. The number of hydrogen-bond acceptors (Lipinski definition) is 5. The van der Waals surface area contributed by atoms with E-state index in [1.165, 1.54) is 0 Å².